The van der Waals surface area contributed by atoms with Crippen molar-refractivity contribution in [1.29, 1.82) is 0 Å². The summed E-state index contributed by atoms with van der Waals surface area (Å²) in [5.41, 5.74) is 6.24. The molecule has 2 amide bonds. The molecule has 0 saturated carbocycles. The number of benzene rings is 4. The average Bonchev–Trinajstić information content (AvgIpc) is 3.08. The van der Waals surface area contributed by atoms with E-state index < -0.39 is 0 Å². The van der Waals surface area contributed by atoms with Crippen molar-refractivity contribution in [2.24, 2.45) is 0 Å². The fourth-order valence-corrected chi connectivity index (χ4v) is 5.18. The van der Waals surface area contributed by atoms with Crippen LogP contribution in [0.4, 0.5) is 0 Å². The third kappa shape index (κ3) is 7.12. The van der Waals surface area contributed by atoms with E-state index >= 15 is 0 Å². The highest BCUT2D eigenvalue weighted by atomic mass is 16.5. The van der Waals surface area contributed by atoms with Crippen LogP contribution in [0.1, 0.15) is 31.8 Å². The topological polar surface area (TPSA) is 114 Å². The maximum absolute atomic E-state index is 13.1. The van der Waals surface area contributed by atoms with Crippen LogP contribution < -0.4 is 39.1 Å². The van der Waals surface area contributed by atoms with Gasteiger partial charge in [-0.05, 0) is 95.8 Å². The maximum Gasteiger partial charge on any atom is 0.251 e. The van der Waals surface area contributed by atoms with Gasteiger partial charge in [0.1, 0.15) is 0 Å². The Morgan fingerprint density at radius 2 is 0.826 bits per heavy atom. The molecule has 242 valence electrons. The fraction of sp³-hybridized carbons (Fsp3) is 0.278. The number of aryl methyl sites for hydroxylation is 2. The monoisotopic (exact) mass is 628 g/mol. The van der Waals surface area contributed by atoms with E-state index in [4.69, 9.17) is 28.4 Å². The molecule has 4 aromatic rings. The van der Waals surface area contributed by atoms with Crippen molar-refractivity contribution >= 4 is 11.8 Å². The Balaban J connectivity index is 1.44. The number of carbonyl (C=O) groups is 2. The quantitative estimate of drug-likeness (QED) is 0.177. The molecule has 0 aliphatic carbocycles. The number of nitrogens with one attached hydrogen (secondary N) is 2. The van der Waals surface area contributed by atoms with Crippen LogP contribution in [-0.4, -0.2) is 67.6 Å². The Kier molecular flexibility index (Phi) is 11.0. The molecule has 4 aromatic carbocycles. The lowest BCUT2D eigenvalue weighted by atomic mass is 9.97. The minimum Gasteiger partial charge on any atom is -0.493 e. The van der Waals surface area contributed by atoms with E-state index in [-0.39, 0.29) is 24.9 Å². The van der Waals surface area contributed by atoms with Crippen LogP contribution in [0.15, 0.2) is 60.7 Å². The van der Waals surface area contributed by atoms with Gasteiger partial charge >= 0.3 is 0 Å². The highest BCUT2D eigenvalue weighted by Gasteiger charge is 2.18. The number of rotatable bonds is 13. The second kappa shape index (κ2) is 15.1. The van der Waals surface area contributed by atoms with Crippen LogP contribution in [0.5, 0.6) is 34.5 Å². The largest absolute Gasteiger partial charge is 0.493 e. The highest BCUT2D eigenvalue weighted by Crippen LogP contribution is 2.43. The summed E-state index contributed by atoms with van der Waals surface area (Å²) in [7, 11) is 9.34. The molecule has 0 aliphatic heterocycles. The highest BCUT2D eigenvalue weighted by molar-refractivity contribution is 5.97. The van der Waals surface area contributed by atoms with Crippen molar-refractivity contribution in [3.63, 3.8) is 0 Å². The lowest BCUT2D eigenvalue weighted by Gasteiger charge is -2.16. The van der Waals surface area contributed by atoms with Gasteiger partial charge in [0, 0.05) is 24.2 Å². The zero-order valence-corrected chi connectivity index (χ0v) is 27.5. The van der Waals surface area contributed by atoms with Crippen molar-refractivity contribution in [3.05, 3.63) is 82.9 Å². The van der Waals surface area contributed by atoms with E-state index in [0.29, 0.717) is 45.6 Å². The molecule has 0 aromatic heterocycles. The van der Waals surface area contributed by atoms with Crippen LogP contribution in [0.2, 0.25) is 0 Å². The number of amides is 2. The summed E-state index contributed by atoms with van der Waals surface area (Å²) in [5.74, 6) is 2.54. The third-order valence-corrected chi connectivity index (χ3v) is 7.65. The minimum atomic E-state index is -0.261. The summed E-state index contributed by atoms with van der Waals surface area (Å²) < 4.78 is 32.9. The average molecular weight is 629 g/mol. The predicted octanol–water partition coefficient (Wildman–Crippen LogP) is 5.85. The van der Waals surface area contributed by atoms with Gasteiger partial charge in [0.05, 0.1) is 42.7 Å². The SMILES string of the molecule is COc1cc(-c2cc(C(=O)NCCNC(=O)c3ccc(C)c(-c4cc(OC)c(OC)c(OC)c4)c3)ccc2C)cc(OC)c1OC. The van der Waals surface area contributed by atoms with Gasteiger partial charge in [0.2, 0.25) is 11.5 Å². The molecule has 0 saturated heterocycles. The summed E-state index contributed by atoms with van der Waals surface area (Å²) in [5, 5.41) is 5.77. The number of carbonyl (C=O) groups excluding carboxylic acids is 2. The summed E-state index contributed by atoms with van der Waals surface area (Å²) in [6, 6.07) is 18.3. The molecule has 0 aliphatic rings. The van der Waals surface area contributed by atoms with E-state index in [0.717, 1.165) is 33.4 Å². The van der Waals surface area contributed by atoms with E-state index in [1.807, 2.05) is 62.4 Å². The van der Waals surface area contributed by atoms with Crippen LogP contribution in [0, 0.1) is 13.8 Å². The number of ether oxygens (including phenoxy) is 6. The first kappa shape index (κ1) is 33.5. The first-order valence-corrected chi connectivity index (χ1v) is 14.6. The third-order valence-electron chi connectivity index (χ3n) is 7.65. The molecule has 10 heteroatoms. The summed E-state index contributed by atoms with van der Waals surface area (Å²) in [6.45, 7) is 4.41. The van der Waals surface area contributed by atoms with E-state index in [1.165, 1.54) is 0 Å². The molecule has 4 rings (SSSR count). The molecule has 0 bridgehead atoms. The first-order valence-electron chi connectivity index (χ1n) is 14.6. The zero-order chi connectivity index (χ0) is 33.4. The van der Waals surface area contributed by atoms with Gasteiger partial charge in [-0.25, -0.2) is 0 Å². The molecule has 2 N–H and O–H groups in total. The Labute approximate surface area is 269 Å². The van der Waals surface area contributed by atoms with Crippen molar-refractivity contribution in [2.75, 3.05) is 55.7 Å². The van der Waals surface area contributed by atoms with Gasteiger partial charge in [-0.2, -0.15) is 0 Å². The fourth-order valence-electron chi connectivity index (χ4n) is 5.18. The van der Waals surface area contributed by atoms with Gasteiger partial charge in [-0.15, -0.1) is 0 Å². The molecular formula is C36H40N2O8. The summed E-state index contributed by atoms with van der Waals surface area (Å²) in [4.78, 5) is 26.1. The number of methoxy groups -OCH3 is 6. The summed E-state index contributed by atoms with van der Waals surface area (Å²) >= 11 is 0. The predicted molar refractivity (Wildman–Crippen MR) is 177 cm³/mol. The van der Waals surface area contributed by atoms with E-state index in [1.54, 1.807) is 54.8 Å². The van der Waals surface area contributed by atoms with Gasteiger partial charge in [-0.3, -0.25) is 9.59 Å². The number of hydrogen-bond acceptors (Lipinski definition) is 8. The van der Waals surface area contributed by atoms with Gasteiger partial charge in [0.25, 0.3) is 11.8 Å². The molecule has 0 unspecified atom stereocenters. The Bertz CT molecular complexity index is 1560. The molecule has 0 heterocycles. The zero-order valence-electron chi connectivity index (χ0n) is 27.5. The lowest BCUT2D eigenvalue weighted by molar-refractivity contribution is 0.0927. The Morgan fingerprint density at radius 3 is 1.11 bits per heavy atom. The second-order valence-electron chi connectivity index (χ2n) is 10.4. The van der Waals surface area contributed by atoms with Gasteiger partial charge in [-0.1, -0.05) is 12.1 Å². The lowest BCUT2D eigenvalue weighted by Crippen LogP contribution is -2.34. The molecule has 0 radical (unpaired) electrons. The number of hydrogen-bond donors (Lipinski definition) is 2. The molecule has 0 atom stereocenters. The van der Waals surface area contributed by atoms with Crippen molar-refractivity contribution in [1.82, 2.24) is 10.6 Å². The summed E-state index contributed by atoms with van der Waals surface area (Å²) in [6.07, 6.45) is 0. The Morgan fingerprint density at radius 1 is 0.500 bits per heavy atom. The first-order chi connectivity index (χ1) is 22.2. The van der Waals surface area contributed by atoms with E-state index in [9.17, 15) is 9.59 Å². The van der Waals surface area contributed by atoms with E-state index in [2.05, 4.69) is 10.6 Å². The minimum absolute atomic E-state index is 0.240. The normalized spacial score (nSPS) is 10.5. The smallest absolute Gasteiger partial charge is 0.251 e. The van der Waals surface area contributed by atoms with Crippen LogP contribution in [0.3, 0.4) is 0 Å². The van der Waals surface area contributed by atoms with Crippen molar-refractivity contribution in [3.8, 4) is 56.8 Å². The van der Waals surface area contributed by atoms with Crippen LogP contribution in [-0.2, 0) is 0 Å². The van der Waals surface area contributed by atoms with Crippen LogP contribution in [0.25, 0.3) is 22.3 Å². The van der Waals surface area contributed by atoms with Crippen molar-refractivity contribution in [2.45, 2.75) is 13.8 Å². The molecule has 0 spiro atoms. The standard InChI is InChI=1S/C36H40N2O8/c1-21-9-11-23(15-27(21)25-17-29(41-3)33(45-7)30(18-25)42-4)35(39)37-13-14-38-36(40)24-12-10-22(2)28(16-24)26-19-31(43-5)34(46-8)32(20-26)44-6/h9-12,15-20H,13-14H2,1-8H3,(H,37,39)(H,38,40). The molecule has 10 nitrogen and oxygen atoms in total. The van der Waals surface area contributed by atoms with Crippen LogP contribution >= 0.6 is 0 Å². The van der Waals surface area contributed by atoms with Crippen molar-refractivity contribution < 1.29 is 38.0 Å². The Hall–Kier alpha value is -5.38. The molecule has 46 heavy (non-hydrogen) atoms. The molecular weight excluding hydrogens is 588 g/mol. The van der Waals surface area contributed by atoms with Gasteiger partial charge in [0.15, 0.2) is 23.0 Å². The second-order valence-corrected chi connectivity index (χ2v) is 10.4. The maximum atomic E-state index is 13.1. The van der Waals surface area contributed by atoms with Gasteiger partial charge < -0.3 is 39.1 Å². The molecule has 0 fully saturated rings.